The summed E-state index contributed by atoms with van der Waals surface area (Å²) in [6, 6.07) is 5.15. The molecule has 0 aromatic heterocycles. The average molecular weight is 356 g/mol. The van der Waals surface area contributed by atoms with Crippen molar-refractivity contribution in [1.29, 1.82) is 0 Å². The summed E-state index contributed by atoms with van der Waals surface area (Å²) in [7, 11) is -3.07. The first-order chi connectivity index (χ1) is 11.3. The molecule has 0 saturated carbocycles. The number of nitro groups is 1. The summed E-state index contributed by atoms with van der Waals surface area (Å²) in [4.78, 5) is 24.0. The van der Waals surface area contributed by atoms with Crippen LogP contribution in [0.25, 0.3) is 0 Å². The summed E-state index contributed by atoms with van der Waals surface area (Å²) >= 11 is 0. The molecule has 1 saturated heterocycles. The van der Waals surface area contributed by atoms with Crippen molar-refractivity contribution in [3.05, 3.63) is 34.4 Å². The van der Waals surface area contributed by atoms with E-state index in [4.69, 9.17) is 4.74 Å². The van der Waals surface area contributed by atoms with Gasteiger partial charge in [0, 0.05) is 24.7 Å². The third-order valence-electron chi connectivity index (χ3n) is 3.84. The van der Waals surface area contributed by atoms with Gasteiger partial charge in [-0.3, -0.25) is 14.9 Å². The molecular weight excluding hydrogens is 336 g/mol. The Morgan fingerprint density at radius 2 is 2.04 bits per heavy atom. The Kier molecular flexibility index (Phi) is 5.76. The molecule has 1 fully saturated rings. The number of hydrogen-bond donors (Lipinski definition) is 0. The van der Waals surface area contributed by atoms with E-state index in [-0.39, 0.29) is 35.7 Å². The highest BCUT2D eigenvalue weighted by Crippen LogP contribution is 2.20. The number of sulfone groups is 1. The normalized spacial score (nSPS) is 19.0. The van der Waals surface area contributed by atoms with Gasteiger partial charge in [-0.2, -0.15) is 0 Å². The quantitative estimate of drug-likeness (QED) is 0.540. The maximum atomic E-state index is 12.4. The van der Waals surface area contributed by atoms with Crippen molar-refractivity contribution in [3.63, 3.8) is 0 Å². The second kappa shape index (κ2) is 7.61. The maximum absolute atomic E-state index is 12.4. The number of hydrogen-bond acceptors (Lipinski definition) is 6. The number of amides is 1. The number of carbonyl (C=O) groups excluding carboxylic acids is 1. The minimum atomic E-state index is -3.07. The molecule has 1 aromatic carbocycles. The zero-order valence-corrected chi connectivity index (χ0v) is 14.2. The van der Waals surface area contributed by atoms with Gasteiger partial charge in [-0.1, -0.05) is 6.92 Å². The molecule has 1 amide bonds. The van der Waals surface area contributed by atoms with Gasteiger partial charge in [-0.05, 0) is 25.0 Å². The number of rotatable bonds is 7. The molecule has 24 heavy (non-hydrogen) atoms. The largest absolute Gasteiger partial charge is 0.484 e. The number of nitro benzene ring substituents is 1. The van der Waals surface area contributed by atoms with Crippen LogP contribution < -0.4 is 4.74 Å². The number of non-ortho nitro benzene ring substituents is 1. The molecule has 8 nitrogen and oxygen atoms in total. The van der Waals surface area contributed by atoms with E-state index in [0.29, 0.717) is 18.7 Å². The van der Waals surface area contributed by atoms with E-state index < -0.39 is 14.8 Å². The SMILES string of the molecule is CCCN(C(=O)COc1ccc([N+](=O)[O-])cc1)C1CCS(=O)(=O)C1. The summed E-state index contributed by atoms with van der Waals surface area (Å²) in [5, 5.41) is 10.6. The molecule has 9 heteroatoms. The summed E-state index contributed by atoms with van der Waals surface area (Å²) in [6.45, 7) is 2.16. The number of ether oxygens (including phenoxy) is 1. The Balaban J connectivity index is 1.96. The summed E-state index contributed by atoms with van der Waals surface area (Å²) in [5.74, 6) is 0.173. The molecular formula is C15H20N2O6S. The van der Waals surface area contributed by atoms with E-state index in [1.54, 1.807) is 4.90 Å². The monoisotopic (exact) mass is 356 g/mol. The molecule has 1 unspecified atom stereocenters. The summed E-state index contributed by atoms with van der Waals surface area (Å²) < 4.78 is 28.6. The first-order valence-electron chi connectivity index (χ1n) is 7.69. The lowest BCUT2D eigenvalue weighted by Crippen LogP contribution is -2.44. The van der Waals surface area contributed by atoms with Crippen LogP contribution in [0.2, 0.25) is 0 Å². The van der Waals surface area contributed by atoms with Crippen LogP contribution in [0.3, 0.4) is 0 Å². The van der Waals surface area contributed by atoms with Crippen LogP contribution in [-0.4, -0.2) is 54.8 Å². The van der Waals surface area contributed by atoms with Gasteiger partial charge in [0.25, 0.3) is 11.6 Å². The Hall–Kier alpha value is -2.16. The van der Waals surface area contributed by atoms with Gasteiger partial charge in [0.2, 0.25) is 0 Å². The minimum Gasteiger partial charge on any atom is -0.484 e. The molecule has 132 valence electrons. The van der Waals surface area contributed by atoms with E-state index in [2.05, 4.69) is 0 Å². The van der Waals surface area contributed by atoms with Crippen LogP contribution in [0, 0.1) is 10.1 Å². The predicted octanol–water partition coefficient (Wildman–Crippen LogP) is 1.40. The Morgan fingerprint density at radius 3 is 2.54 bits per heavy atom. The highest BCUT2D eigenvalue weighted by molar-refractivity contribution is 7.91. The third kappa shape index (κ3) is 4.67. The van der Waals surface area contributed by atoms with Gasteiger partial charge in [0.15, 0.2) is 16.4 Å². The Morgan fingerprint density at radius 1 is 1.38 bits per heavy atom. The molecule has 1 aromatic rings. The van der Waals surface area contributed by atoms with Crippen LogP contribution in [0.15, 0.2) is 24.3 Å². The summed E-state index contributed by atoms with van der Waals surface area (Å²) in [5.41, 5.74) is -0.0579. The lowest BCUT2D eigenvalue weighted by atomic mass is 10.2. The van der Waals surface area contributed by atoms with Gasteiger partial charge >= 0.3 is 0 Å². The molecule has 0 radical (unpaired) electrons. The van der Waals surface area contributed by atoms with Gasteiger partial charge in [0.05, 0.1) is 16.4 Å². The minimum absolute atomic E-state index is 0.00370. The number of benzene rings is 1. The van der Waals surface area contributed by atoms with Crippen molar-refractivity contribution in [2.45, 2.75) is 25.8 Å². The molecule has 1 aliphatic heterocycles. The topological polar surface area (TPSA) is 107 Å². The zero-order valence-electron chi connectivity index (χ0n) is 13.4. The van der Waals surface area contributed by atoms with Gasteiger partial charge < -0.3 is 9.64 Å². The standard InChI is InChI=1S/C15H20N2O6S/c1-2-8-16(13-7-9-24(21,22)11-13)15(18)10-23-14-5-3-12(4-6-14)17(19)20/h3-6,13H,2,7-11H2,1H3. The lowest BCUT2D eigenvalue weighted by molar-refractivity contribution is -0.384. The summed E-state index contributed by atoms with van der Waals surface area (Å²) in [6.07, 6.45) is 1.17. The third-order valence-corrected chi connectivity index (χ3v) is 5.59. The highest BCUT2D eigenvalue weighted by Gasteiger charge is 2.34. The molecule has 2 rings (SSSR count). The number of nitrogens with zero attached hydrogens (tertiary/aromatic N) is 2. The van der Waals surface area contributed by atoms with E-state index >= 15 is 0 Å². The van der Waals surface area contributed by atoms with Gasteiger partial charge in [-0.25, -0.2) is 8.42 Å². The molecule has 1 aliphatic rings. The van der Waals surface area contributed by atoms with Crippen LogP contribution in [0.4, 0.5) is 5.69 Å². The van der Waals surface area contributed by atoms with Crippen LogP contribution in [0.5, 0.6) is 5.75 Å². The number of carbonyl (C=O) groups is 1. The van der Waals surface area contributed by atoms with E-state index in [9.17, 15) is 23.3 Å². The van der Waals surface area contributed by atoms with Crippen molar-refractivity contribution < 1.29 is 22.9 Å². The fourth-order valence-corrected chi connectivity index (χ4v) is 4.40. The van der Waals surface area contributed by atoms with E-state index in [1.807, 2.05) is 6.92 Å². The van der Waals surface area contributed by atoms with Crippen molar-refractivity contribution in [1.82, 2.24) is 4.90 Å². The van der Waals surface area contributed by atoms with Crippen molar-refractivity contribution in [2.75, 3.05) is 24.7 Å². The van der Waals surface area contributed by atoms with Gasteiger partial charge in [-0.15, -0.1) is 0 Å². The molecule has 1 heterocycles. The smallest absolute Gasteiger partial charge is 0.269 e. The molecule has 0 spiro atoms. The second-order valence-electron chi connectivity index (χ2n) is 5.68. The van der Waals surface area contributed by atoms with E-state index in [1.165, 1.54) is 24.3 Å². The average Bonchev–Trinajstić information content (AvgIpc) is 2.90. The molecule has 0 aliphatic carbocycles. The predicted molar refractivity (Wildman–Crippen MR) is 87.7 cm³/mol. The Bertz CT molecular complexity index is 701. The van der Waals surface area contributed by atoms with Gasteiger partial charge in [0.1, 0.15) is 5.75 Å². The fraction of sp³-hybridized carbons (Fsp3) is 0.533. The van der Waals surface area contributed by atoms with Crippen LogP contribution in [-0.2, 0) is 14.6 Å². The molecule has 0 bridgehead atoms. The first kappa shape index (κ1) is 18.2. The first-order valence-corrected chi connectivity index (χ1v) is 9.51. The lowest BCUT2D eigenvalue weighted by Gasteiger charge is -2.27. The maximum Gasteiger partial charge on any atom is 0.269 e. The van der Waals surface area contributed by atoms with E-state index in [0.717, 1.165) is 6.42 Å². The van der Waals surface area contributed by atoms with Crippen molar-refractivity contribution in [2.24, 2.45) is 0 Å². The fourth-order valence-electron chi connectivity index (χ4n) is 2.67. The van der Waals surface area contributed by atoms with Crippen molar-refractivity contribution >= 4 is 21.4 Å². The van der Waals surface area contributed by atoms with Crippen LogP contribution in [0.1, 0.15) is 19.8 Å². The van der Waals surface area contributed by atoms with Crippen molar-refractivity contribution in [3.8, 4) is 5.75 Å². The van der Waals surface area contributed by atoms with Crippen LogP contribution >= 0.6 is 0 Å². The molecule has 1 atom stereocenters. The molecule has 0 N–H and O–H groups in total. The highest BCUT2D eigenvalue weighted by atomic mass is 32.2. The zero-order chi connectivity index (χ0) is 17.7. The Labute approximate surface area is 140 Å². The second-order valence-corrected chi connectivity index (χ2v) is 7.91.